The highest BCUT2D eigenvalue weighted by molar-refractivity contribution is 5.94. The van der Waals surface area contributed by atoms with Crippen molar-refractivity contribution >= 4 is 11.8 Å². The molecule has 0 radical (unpaired) electrons. The Labute approximate surface area is 183 Å². The molecule has 2 amide bonds. The largest absolute Gasteiger partial charge is 0.378 e. The maximum atomic E-state index is 12.9. The number of rotatable bonds is 3. The molecule has 6 heteroatoms. The molecule has 1 aromatic heterocycles. The van der Waals surface area contributed by atoms with Crippen LogP contribution in [0.1, 0.15) is 53.1 Å². The molecule has 0 bridgehead atoms. The quantitative estimate of drug-likeness (QED) is 0.767. The van der Waals surface area contributed by atoms with Gasteiger partial charge >= 0.3 is 0 Å². The molecule has 31 heavy (non-hydrogen) atoms. The Bertz CT molecular complexity index is 947. The summed E-state index contributed by atoms with van der Waals surface area (Å²) < 4.78 is 5.40. The van der Waals surface area contributed by atoms with Crippen LogP contribution in [0.3, 0.4) is 0 Å². The van der Waals surface area contributed by atoms with Gasteiger partial charge in [0.25, 0.3) is 5.91 Å². The van der Waals surface area contributed by atoms with Crippen molar-refractivity contribution in [2.24, 2.45) is 0 Å². The number of ether oxygens (including phenoxy) is 1. The predicted octanol–water partition coefficient (Wildman–Crippen LogP) is 2.99. The highest BCUT2D eigenvalue weighted by Crippen LogP contribution is 2.52. The molecule has 0 N–H and O–H groups in total. The van der Waals surface area contributed by atoms with Gasteiger partial charge in [0.2, 0.25) is 5.91 Å². The SMILES string of the molecule is O=C(C[C@H]1CC2(CCN(C(=O)c3ccncc3)CC2)c2ccccc21)N1CCOCC1. The average Bonchev–Trinajstić information content (AvgIpc) is 3.13. The minimum atomic E-state index is 0.0710. The number of hydrogen-bond acceptors (Lipinski definition) is 4. The lowest BCUT2D eigenvalue weighted by molar-refractivity contribution is -0.135. The molecular weight excluding hydrogens is 390 g/mol. The van der Waals surface area contributed by atoms with Crippen molar-refractivity contribution in [1.29, 1.82) is 0 Å². The van der Waals surface area contributed by atoms with Crippen LogP contribution in [-0.4, -0.2) is 66.0 Å². The van der Waals surface area contributed by atoms with Crippen LogP contribution in [0.25, 0.3) is 0 Å². The number of pyridine rings is 1. The molecule has 3 aliphatic rings. The van der Waals surface area contributed by atoms with Gasteiger partial charge in [-0.2, -0.15) is 0 Å². The Morgan fingerprint density at radius 3 is 2.42 bits per heavy atom. The standard InChI is InChI=1S/C25H29N3O3/c29-23(27-13-15-31-16-14-27)17-20-18-25(22-4-2-1-3-21(20)22)7-11-28(12-8-25)24(30)19-5-9-26-10-6-19/h1-6,9-10,20H,7-8,11-18H2/t20-/m0/s1. The van der Waals surface area contributed by atoms with E-state index in [-0.39, 0.29) is 23.1 Å². The molecule has 1 aliphatic carbocycles. The molecule has 6 nitrogen and oxygen atoms in total. The number of carbonyl (C=O) groups excluding carboxylic acids is 2. The van der Waals surface area contributed by atoms with Gasteiger partial charge in [-0.25, -0.2) is 0 Å². The fourth-order valence-corrected chi connectivity index (χ4v) is 5.65. The van der Waals surface area contributed by atoms with E-state index in [1.807, 2.05) is 9.80 Å². The van der Waals surface area contributed by atoms with Gasteiger partial charge in [-0.3, -0.25) is 14.6 Å². The Balaban J connectivity index is 1.30. The van der Waals surface area contributed by atoms with Crippen molar-refractivity contribution in [3.63, 3.8) is 0 Å². The van der Waals surface area contributed by atoms with Crippen LogP contribution < -0.4 is 0 Å². The second-order valence-corrected chi connectivity index (χ2v) is 8.99. The molecule has 1 aromatic carbocycles. The lowest BCUT2D eigenvalue weighted by atomic mass is 9.73. The summed E-state index contributed by atoms with van der Waals surface area (Å²) in [5.41, 5.74) is 3.50. The molecule has 5 rings (SSSR count). The van der Waals surface area contributed by atoms with Gasteiger partial charge in [-0.05, 0) is 53.9 Å². The zero-order chi connectivity index (χ0) is 21.3. The Kier molecular flexibility index (Phi) is 5.48. The molecule has 0 saturated carbocycles. The Hall–Kier alpha value is -2.73. The van der Waals surface area contributed by atoms with E-state index in [4.69, 9.17) is 4.74 Å². The topological polar surface area (TPSA) is 62.7 Å². The van der Waals surface area contributed by atoms with Gasteiger partial charge in [0.15, 0.2) is 0 Å². The van der Waals surface area contributed by atoms with Crippen LogP contribution in [0.5, 0.6) is 0 Å². The molecule has 2 aliphatic heterocycles. The summed E-state index contributed by atoms with van der Waals surface area (Å²) >= 11 is 0. The molecule has 2 fully saturated rings. The number of likely N-dealkylation sites (tertiary alicyclic amines) is 1. The first-order valence-electron chi connectivity index (χ1n) is 11.3. The van der Waals surface area contributed by atoms with E-state index in [9.17, 15) is 9.59 Å². The van der Waals surface area contributed by atoms with Gasteiger partial charge in [0.05, 0.1) is 13.2 Å². The second-order valence-electron chi connectivity index (χ2n) is 8.99. The molecule has 162 valence electrons. The lowest BCUT2D eigenvalue weighted by Gasteiger charge is -2.40. The molecule has 1 atom stereocenters. The number of aromatic nitrogens is 1. The summed E-state index contributed by atoms with van der Waals surface area (Å²) in [5.74, 6) is 0.585. The molecule has 1 spiro atoms. The third kappa shape index (κ3) is 3.85. The van der Waals surface area contributed by atoms with Crippen molar-refractivity contribution in [3.05, 3.63) is 65.5 Å². The fraction of sp³-hybridized carbons (Fsp3) is 0.480. The first-order valence-corrected chi connectivity index (χ1v) is 11.3. The predicted molar refractivity (Wildman–Crippen MR) is 117 cm³/mol. The van der Waals surface area contributed by atoms with E-state index in [0.29, 0.717) is 38.3 Å². The second kappa shape index (κ2) is 8.42. The smallest absolute Gasteiger partial charge is 0.253 e. The highest BCUT2D eigenvalue weighted by atomic mass is 16.5. The van der Waals surface area contributed by atoms with Crippen molar-refractivity contribution in [3.8, 4) is 0 Å². The van der Waals surface area contributed by atoms with E-state index < -0.39 is 0 Å². The summed E-state index contributed by atoms with van der Waals surface area (Å²) in [7, 11) is 0. The van der Waals surface area contributed by atoms with Crippen molar-refractivity contribution in [2.45, 2.75) is 37.0 Å². The maximum Gasteiger partial charge on any atom is 0.253 e. The van der Waals surface area contributed by atoms with E-state index >= 15 is 0 Å². The molecule has 3 heterocycles. The number of nitrogens with zero attached hydrogens (tertiary/aromatic N) is 3. The minimum absolute atomic E-state index is 0.0710. The Morgan fingerprint density at radius 1 is 0.968 bits per heavy atom. The van der Waals surface area contributed by atoms with Crippen LogP contribution in [-0.2, 0) is 14.9 Å². The van der Waals surface area contributed by atoms with E-state index in [1.54, 1.807) is 24.5 Å². The zero-order valence-corrected chi connectivity index (χ0v) is 17.8. The Morgan fingerprint density at radius 2 is 1.68 bits per heavy atom. The number of carbonyl (C=O) groups is 2. The average molecular weight is 420 g/mol. The molecular formula is C25H29N3O3. The van der Waals surface area contributed by atoms with Crippen LogP contribution in [0.2, 0.25) is 0 Å². The van der Waals surface area contributed by atoms with Gasteiger partial charge in [-0.1, -0.05) is 24.3 Å². The first kappa shape index (κ1) is 20.2. The maximum absolute atomic E-state index is 12.9. The third-order valence-corrected chi connectivity index (χ3v) is 7.33. The van der Waals surface area contributed by atoms with E-state index in [0.717, 1.165) is 32.4 Å². The molecule has 2 saturated heterocycles. The summed E-state index contributed by atoms with van der Waals surface area (Å²) in [6.45, 7) is 4.17. The van der Waals surface area contributed by atoms with Crippen LogP contribution >= 0.6 is 0 Å². The monoisotopic (exact) mass is 419 g/mol. The first-order chi connectivity index (χ1) is 15.2. The van der Waals surface area contributed by atoms with E-state index in [1.165, 1.54) is 11.1 Å². The van der Waals surface area contributed by atoms with Gasteiger partial charge < -0.3 is 14.5 Å². The van der Waals surface area contributed by atoms with Crippen molar-refractivity contribution in [1.82, 2.24) is 14.8 Å². The van der Waals surface area contributed by atoms with Gasteiger partial charge in [0.1, 0.15) is 0 Å². The van der Waals surface area contributed by atoms with Crippen LogP contribution in [0.15, 0.2) is 48.8 Å². The number of benzene rings is 1. The molecule has 0 unspecified atom stereocenters. The fourth-order valence-electron chi connectivity index (χ4n) is 5.65. The van der Waals surface area contributed by atoms with Gasteiger partial charge in [0, 0.05) is 50.6 Å². The minimum Gasteiger partial charge on any atom is -0.378 e. The summed E-state index contributed by atoms with van der Waals surface area (Å²) in [6.07, 6.45) is 6.80. The molecule has 2 aromatic rings. The summed E-state index contributed by atoms with van der Waals surface area (Å²) in [4.78, 5) is 33.7. The number of piperidine rings is 1. The normalized spacial score (nSPS) is 22.4. The van der Waals surface area contributed by atoms with E-state index in [2.05, 4.69) is 29.2 Å². The summed E-state index contributed by atoms with van der Waals surface area (Å²) in [5, 5.41) is 0. The zero-order valence-electron chi connectivity index (χ0n) is 17.8. The lowest BCUT2D eigenvalue weighted by Crippen LogP contribution is -2.44. The number of fused-ring (bicyclic) bond motifs is 2. The van der Waals surface area contributed by atoms with Gasteiger partial charge in [-0.15, -0.1) is 0 Å². The number of morpholine rings is 1. The van der Waals surface area contributed by atoms with Crippen molar-refractivity contribution < 1.29 is 14.3 Å². The number of hydrogen-bond donors (Lipinski definition) is 0. The number of amides is 2. The van der Waals surface area contributed by atoms with Crippen molar-refractivity contribution in [2.75, 3.05) is 39.4 Å². The van der Waals surface area contributed by atoms with Crippen LogP contribution in [0, 0.1) is 0 Å². The summed E-state index contributed by atoms with van der Waals surface area (Å²) in [6, 6.07) is 12.2. The highest BCUT2D eigenvalue weighted by Gasteiger charge is 2.46. The third-order valence-electron chi connectivity index (χ3n) is 7.33. The van der Waals surface area contributed by atoms with Crippen LogP contribution in [0.4, 0.5) is 0 Å².